The summed E-state index contributed by atoms with van der Waals surface area (Å²) in [6.07, 6.45) is 0.478. The summed E-state index contributed by atoms with van der Waals surface area (Å²) < 4.78 is 22.6. The lowest BCUT2D eigenvalue weighted by Gasteiger charge is -2.23. The van der Waals surface area contributed by atoms with E-state index in [1.54, 1.807) is 6.92 Å². The van der Waals surface area contributed by atoms with Crippen LogP contribution in [0.2, 0.25) is 0 Å². The average Bonchev–Trinajstić information content (AvgIpc) is 2.40. The normalized spacial score (nSPS) is 27.9. The molecule has 1 atom stereocenters. The molecule has 1 rings (SSSR count). The zero-order valence-electron chi connectivity index (χ0n) is 9.23. The highest BCUT2D eigenvalue weighted by Crippen LogP contribution is 2.22. The fraction of sp³-hybridized carbons (Fsp3) is 0.889. The Kier molecular flexibility index (Phi) is 4.63. The Labute approximate surface area is 99.9 Å². The smallest absolute Gasteiger partial charge is 0.230 e. The molecule has 7 heteroatoms. The summed E-state index contributed by atoms with van der Waals surface area (Å²) in [6, 6.07) is 0. The van der Waals surface area contributed by atoms with E-state index in [0.717, 1.165) is 0 Å². The second-order valence-electron chi connectivity index (χ2n) is 4.23. The van der Waals surface area contributed by atoms with Crippen molar-refractivity contribution in [3.63, 3.8) is 0 Å². The molecule has 0 aromatic rings. The summed E-state index contributed by atoms with van der Waals surface area (Å²) in [4.78, 5) is 11.5. The SMILES string of the molecule is CC1(NC(=O)CSCCO)CCS(=O)(=O)C1. The molecule has 1 unspecified atom stereocenters. The number of hydrogen-bond donors (Lipinski definition) is 2. The number of thioether (sulfide) groups is 1. The summed E-state index contributed by atoms with van der Waals surface area (Å²) >= 11 is 1.33. The minimum atomic E-state index is -2.99. The molecule has 2 N–H and O–H groups in total. The summed E-state index contributed by atoms with van der Waals surface area (Å²) in [5.74, 6) is 0.779. The second-order valence-corrected chi connectivity index (χ2v) is 7.52. The van der Waals surface area contributed by atoms with Gasteiger partial charge in [-0.05, 0) is 13.3 Å². The van der Waals surface area contributed by atoms with Gasteiger partial charge in [0.1, 0.15) is 0 Å². The van der Waals surface area contributed by atoms with Gasteiger partial charge in [-0.25, -0.2) is 8.42 Å². The fourth-order valence-electron chi connectivity index (χ4n) is 1.71. The minimum absolute atomic E-state index is 0.0242. The molecule has 5 nitrogen and oxygen atoms in total. The predicted molar refractivity (Wildman–Crippen MR) is 64.2 cm³/mol. The van der Waals surface area contributed by atoms with Crippen molar-refractivity contribution in [3.05, 3.63) is 0 Å². The molecule has 0 radical (unpaired) electrons. The molecule has 1 heterocycles. The number of amides is 1. The maximum Gasteiger partial charge on any atom is 0.230 e. The van der Waals surface area contributed by atoms with E-state index in [1.807, 2.05) is 0 Å². The first-order valence-corrected chi connectivity index (χ1v) is 8.05. The number of aliphatic hydroxyl groups excluding tert-OH is 1. The molecule has 0 aromatic heterocycles. The number of carbonyl (C=O) groups is 1. The van der Waals surface area contributed by atoms with Crippen LogP contribution in [-0.2, 0) is 14.6 Å². The Morgan fingerprint density at radius 3 is 2.75 bits per heavy atom. The lowest BCUT2D eigenvalue weighted by atomic mass is 10.0. The Balaban J connectivity index is 2.39. The van der Waals surface area contributed by atoms with Crippen LogP contribution in [0.15, 0.2) is 0 Å². The number of rotatable bonds is 5. The van der Waals surface area contributed by atoms with Crippen molar-refractivity contribution in [2.24, 2.45) is 0 Å². The van der Waals surface area contributed by atoms with E-state index in [1.165, 1.54) is 11.8 Å². The van der Waals surface area contributed by atoms with Crippen molar-refractivity contribution in [2.75, 3.05) is 29.6 Å². The van der Waals surface area contributed by atoms with Crippen molar-refractivity contribution in [2.45, 2.75) is 18.9 Å². The Morgan fingerprint density at radius 1 is 1.56 bits per heavy atom. The third-order valence-electron chi connectivity index (χ3n) is 2.41. The van der Waals surface area contributed by atoms with Gasteiger partial charge in [0.05, 0.1) is 29.4 Å². The van der Waals surface area contributed by atoms with Crippen LogP contribution in [0.4, 0.5) is 0 Å². The highest BCUT2D eigenvalue weighted by Gasteiger charge is 2.39. The number of aliphatic hydroxyl groups is 1. The predicted octanol–water partition coefficient (Wildman–Crippen LogP) is -0.595. The zero-order valence-corrected chi connectivity index (χ0v) is 10.9. The van der Waals surface area contributed by atoms with E-state index in [-0.39, 0.29) is 29.8 Å². The Morgan fingerprint density at radius 2 is 2.25 bits per heavy atom. The van der Waals surface area contributed by atoms with Crippen molar-refractivity contribution in [1.82, 2.24) is 5.32 Å². The molecule has 1 saturated heterocycles. The first kappa shape index (κ1) is 13.8. The number of nitrogens with one attached hydrogen (secondary N) is 1. The van der Waals surface area contributed by atoms with Crippen LogP contribution in [0, 0.1) is 0 Å². The van der Waals surface area contributed by atoms with Gasteiger partial charge in [-0.15, -0.1) is 11.8 Å². The average molecular weight is 267 g/mol. The molecule has 16 heavy (non-hydrogen) atoms. The van der Waals surface area contributed by atoms with E-state index < -0.39 is 15.4 Å². The highest BCUT2D eigenvalue weighted by atomic mass is 32.2. The molecule has 0 aromatic carbocycles. The largest absolute Gasteiger partial charge is 0.396 e. The number of carbonyl (C=O) groups excluding carboxylic acids is 1. The van der Waals surface area contributed by atoms with E-state index in [4.69, 9.17) is 5.11 Å². The molecule has 0 saturated carbocycles. The molecule has 1 aliphatic rings. The minimum Gasteiger partial charge on any atom is -0.396 e. The number of sulfone groups is 1. The zero-order chi connectivity index (χ0) is 12.2. The molecular weight excluding hydrogens is 250 g/mol. The summed E-state index contributed by atoms with van der Waals surface area (Å²) in [6.45, 7) is 1.80. The molecular formula is C9H17NO4S2. The van der Waals surface area contributed by atoms with Crippen LogP contribution in [-0.4, -0.2) is 54.6 Å². The van der Waals surface area contributed by atoms with Gasteiger partial charge in [0.15, 0.2) is 9.84 Å². The van der Waals surface area contributed by atoms with Crippen LogP contribution in [0.3, 0.4) is 0 Å². The third-order valence-corrected chi connectivity index (χ3v) is 5.25. The maximum absolute atomic E-state index is 11.5. The van der Waals surface area contributed by atoms with Gasteiger partial charge in [-0.1, -0.05) is 0 Å². The van der Waals surface area contributed by atoms with Crippen LogP contribution >= 0.6 is 11.8 Å². The van der Waals surface area contributed by atoms with Gasteiger partial charge in [0, 0.05) is 5.75 Å². The maximum atomic E-state index is 11.5. The molecule has 1 amide bonds. The van der Waals surface area contributed by atoms with E-state index >= 15 is 0 Å². The number of hydrogen-bond acceptors (Lipinski definition) is 5. The highest BCUT2D eigenvalue weighted by molar-refractivity contribution is 7.99. The molecule has 1 aliphatic heterocycles. The van der Waals surface area contributed by atoms with Crippen LogP contribution in [0.5, 0.6) is 0 Å². The third kappa shape index (κ3) is 4.31. The Hall–Kier alpha value is -0.270. The molecule has 94 valence electrons. The molecule has 0 bridgehead atoms. The van der Waals surface area contributed by atoms with Crippen molar-refractivity contribution < 1.29 is 18.3 Å². The Bertz CT molecular complexity index is 355. The lowest BCUT2D eigenvalue weighted by Crippen LogP contribution is -2.47. The molecule has 1 fully saturated rings. The van der Waals surface area contributed by atoms with Crippen molar-refractivity contribution in [1.29, 1.82) is 0 Å². The monoisotopic (exact) mass is 267 g/mol. The summed E-state index contributed by atoms with van der Waals surface area (Å²) in [5, 5.41) is 11.3. The second kappa shape index (κ2) is 5.37. The molecule has 0 aliphatic carbocycles. The van der Waals surface area contributed by atoms with Gasteiger partial charge < -0.3 is 10.4 Å². The first-order chi connectivity index (χ1) is 7.37. The van der Waals surface area contributed by atoms with Crippen LogP contribution < -0.4 is 5.32 Å². The fourth-order valence-corrected chi connectivity index (χ4v) is 4.34. The van der Waals surface area contributed by atoms with Crippen LogP contribution in [0.1, 0.15) is 13.3 Å². The van der Waals surface area contributed by atoms with Crippen molar-refractivity contribution in [3.8, 4) is 0 Å². The van der Waals surface area contributed by atoms with E-state index in [0.29, 0.717) is 12.2 Å². The van der Waals surface area contributed by atoms with Crippen LogP contribution in [0.25, 0.3) is 0 Å². The topological polar surface area (TPSA) is 83.5 Å². The summed E-state index contributed by atoms with van der Waals surface area (Å²) in [5.41, 5.74) is -0.615. The van der Waals surface area contributed by atoms with E-state index in [2.05, 4.69) is 5.32 Å². The van der Waals surface area contributed by atoms with Crippen molar-refractivity contribution >= 4 is 27.5 Å². The van der Waals surface area contributed by atoms with Gasteiger partial charge in [0.2, 0.25) is 5.91 Å². The lowest BCUT2D eigenvalue weighted by molar-refractivity contribution is -0.120. The summed E-state index contributed by atoms with van der Waals surface area (Å²) in [7, 11) is -2.99. The molecule has 0 spiro atoms. The van der Waals surface area contributed by atoms with E-state index in [9.17, 15) is 13.2 Å². The standard InChI is InChI=1S/C9H17NO4S2/c1-9(2-5-16(13,14)7-9)10-8(12)6-15-4-3-11/h11H,2-7H2,1H3,(H,10,12). The van der Waals surface area contributed by atoms with Gasteiger partial charge >= 0.3 is 0 Å². The van der Waals surface area contributed by atoms with Gasteiger partial charge in [-0.3, -0.25) is 4.79 Å². The first-order valence-electron chi connectivity index (χ1n) is 5.07. The van der Waals surface area contributed by atoms with Gasteiger partial charge in [0.25, 0.3) is 0 Å². The van der Waals surface area contributed by atoms with Gasteiger partial charge in [-0.2, -0.15) is 0 Å². The quantitative estimate of drug-likeness (QED) is 0.650.